The summed E-state index contributed by atoms with van der Waals surface area (Å²) < 4.78 is 0. The third-order valence-electron chi connectivity index (χ3n) is 4.07. The molecule has 2 aromatic rings. The summed E-state index contributed by atoms with van der Waals surface area (Å²) in [5.74, 6) is -1.34. The van der Waals surface area contributed by atoms with Crippen molar-refractivity contribution in [3.05, 3.63) is 72.8 Å². The predicted molar refractivity (Wildman–Crippen MR) is 115 cm³/mol. The zero-order chi connectivity index (χ0) is 20.4. The van der Waals surface area contributed by atoms with E-state index < -0.39 is 0 Å². The van der Waals surface area contributed by atoms with E-state index in [2.05, 4.69) is 0 Å². The average Bonchev–Trinajstić information content (AvgIpc) is 3.24. The molecular formula is C20H12N2O4S3. The number of hydrogen-bond donors (Lipinski definition) is 0. The van der Waals surface area contributed by atoms with Crippen molar-refractivity contribution in [2.45, 2.75) is 9.79 Å². The fraction of sp³-hybridized carbons (Fsp3) is 0. The summed E-state index contributed by atoms with van der Waals surface area (Å²) in [4.78, 5) is 51.0. The van der Waals surface area contributed by atoms with E-state index in [1.807, 2.05) is 24.3 Å². The maximum Gasteiger partial charge on any atom is 0.258 e. The molecule has 2 heterocycles. The van der Waals surface area contributed by atoms with E-state index in [-0.39, 0.29) is 23.6 Å². The summed E-state index contributed by atoms with van der Waals surface area (Å²) in [7, 11) is 4.64. The fourth-order valence-corrected chi connectivity index (χ4v) is 6.35. The highest BCUT2D eigenvalue weighted by molar-refractivity contribution is 9.09. The Morgan fingerprint density at radius 1 is 0.483 bits per heavy atom. The molecule has 0 unspecified atom stereocenters. The Labute approximate surface area is 177 Å². The molecule has 0 radical (unpaired) electrons. The van der Waals surface area contributed by atoms with E-state index in [0.29, 0.717) is 11.4 Å². The van der Waals surface area contributed by atoms with Gasteiger partial charge in [0.25, 0.3) is 23.6 Å². The summed E-state index contributed by atoms with van der Waals surface area (Å²) in [6.45, 7) is 0. The highest BCUT2D eigenvalue weighted by Crippen LogP contribution is 2.44. The molecule has 0 atom stereocenters. The zero-order valence-electron chi connectivity index (χ0n) is 14.7. The number of hydrogen-bond acceptors (Lipinski definition) is 7. The molecule has 29 heavy (non-hydrogen) atoms. The average molecular weight is 441 g/mol. The van der Waals surface area contributed by atoms with Crippen LogP contribution in [0.1, 0.15) is 0 Å². The van der Waals surface area contributed by atoms with E-state index in [0.717, 1.165) is 19.6 Å². The predicted octanol–water partition coefficient (Wildman–Crippen LogP) is 3.99. The summed E-state index contributed by atoms with van der Waals surface area (Å²) >= 11 is 0. The molecule has 144 valence electrons. The molecule has 0 aromatic heterocycles. The van der Waals surface area contributed by atoms with Crippen molar-refractivity contribution in [2.24, 2.45) is 0 Å². The van der Waals surface area contributed by atoms with Crippen LogP contribution in [0.2, 0.25) is 0 Å². The van der Waals surface area contributed by atoms with Gasteiger partial charge in [0.05, 0.1) is 11.4 Å². The van der Waals surface area contributed by atoms with E-state index in [1.165, 1.54) is 24.3 Å². The van der Waals surface area contributed by atoms with Gasteiger partial charge < -0.3 is 0 Å². The van der Waals surface area contributed by atoms with Crippen molar-refractivity contribution in [2.75, 3.05) is 9.80 Å². The lowest BCUT2D eigenvalue weighted by atomic mass is 10.3. The highest BCUT2D eigenvalue weighted by Gasteiger charge is 2.25. The summed E-state index contributed by atoms with van der Waals surface area (Å²) in [5, 5.41) is 0. The van der Waals surface area contributed by atoms with Gasteiger partial charge in [-0.05, 0) is 79.9 Å². The Kier molecular flexibility index (Phi) is 5.61. The molecule has 9 heteroatoms. The maximum absolute atomic E-state index is 11.7. The molecular weight excluding hydrogens is 428 g/mol. The maximum atomic E-state index is 11.7. The van der Waals surface area contributed by atoms with E-state index in [9.17, 15) is 19.2 Å². The second kappa shape index (κ2) is 8.32. The van der Waals surface area contributed by atoms with Crippen LogP contribution < -0.4 is 9.80 Å². The minimum Gasteiger partial charge on any atom is -0.269 e. The van der Waals surface area contributed by atoms with Crippen LogP contribution in [0.4, 0.5) is 11.4 Å². The number of benzene rings is 2. The van der Waals surface area contributed by atoms with Gasteiger partial charge in [0.1, 0.15) is 0 Å². The Balaban J connectivity index is 1.31. The first-order valence-corrected chi connectivity index (χ1v) is 11.8. The molecule has 0 spiro atoms. The third-order valence-corrected chi connectivity index (χ3v) is 7.92. The number of amides is 4. The standard InChI is InChI=1S/C20H12N2O4S3/c23-17-9-10-18(24)21(17)13-1-5-15(6-2-13)27-29-28-16-7-3-14(4-8-16)22-19(25)11-12-20(22)26/h1-12H. The summed E-state index contributed by atoms with van der Waals surface area (Å²) in [6.07, 6.45) is 5.03. The van der Waals surface area contributed by atoms with Gasteiger partial charge >= 0.3 is 0 Å². The van der Waals surface area contributed by atoms with Crippen molar-refractivity contribution >= 4 is 66.4 Å². The van der Waals surface area contributed by atoms with Gasteiger partial charge in [0.2, 0.25) is 0 Å². The Hall–Kier alpha value is -2.75. The van der Waals surface area contributed by atoms with Crippen molar-refractivity contribution < 1.29 is 19.2 Å². The van der Waals surface area contributed by atoms with Crippen LogP contribution >= 0.6 is 31.4 Å². The third kappa shape index (κ3) is 4.16. The minimum atomic E-state index is -0.336. The fourth-order valence-electron chi connectivity index (χ4n) is 2.71. The molecule has 0 saturated carbocycles. The van der Waals surface area contributed by atoms with Crippen molar-refractivity contribution in [3.63, 3.8) is 0 Å². The van der Waals surface area contributed by atoms with Crippen LogP contribution in [0.5, 0.6) is 0 Å². The number of anilines is 2. The minimum absolute atomic E-state index is 0.336. The smallest absolute Gasteiger partial charge is 0.258 e. The molecule has 2 aromatic carbocycles. The van der Waals surface area contributed by atoms with Gasteiger partial charge in [0, 0.05) is 34.1 Å². The Morgan fingerprint density at radius 3 is 1.10 bits per heavy atom. The first-order valence-electron chi connectivity index (χ1n) is 8.36. The van der Waals surface area contributed by atoms with Gasteiger partial charge in [-0.1, -0.05) is 0 Å². The van der Waals surface area contributed by atoms with Crippen molar-refractivity contribution in [3.8, 4) is 0 Å². The highest BCUT2D eigenvalue weighted by atomic mass is 33.5. The molecule has 0 fully saturated rings. The second-order valence-electron chi connectivity index (χ2n) is 5.91. The second-order valence-corrected chi connectivity index (χ2v) is 9.96. The molecule has 0 aliphatic carbocycles. The zero-order valence-corrected chi connectivity index (χ0v) is 17.1. The SMILES string of the molecule is O=C1C=CC(=O)N1c1ccc(SSSc2ccc(N3C(=O)C=CC3=O)cc2)cc1. The first kappa shape index (κ1) is 19.6. The molecule has 2 aliphatic heterocycles. The van der Waals surface area contributed by atoms with Crippen LogP contribution in [0.15, 0.2) is 82.6 Å². The normalized spacial score (nSPS) is 15.9. The molecule has 0 saturated heterocycles. The molecule has 0 bridgehead atoms. The van der Waals surface area contributed by atoms with Gasteiger partial charge in [0.15, 0.2) is 0 Å². The lowest BCUT2D eigenvalue weighted by molar-refractivity contribution is -0.121. The molecule has 4 rings (SSSR count). The first-order chi connectivity index (χ1) is 14.0. The molecule has 4 amide bonds. The number of imide groups is 2. The number of nitrogens with zero attached hydrogens (tertiary/aromatic N) is 2. The Bertz CT molecular complexity index is 941. The van der Waals surface area contributed by atoms with Crippen molar-refractivity contribution in [1.29, 1.82) is 0 Å². The van der Waals surface area contributed by atoms with E-state index in [4.69, 9.17) is 0 Å². The molecule has 2 aliphatic rings. The number of rotatable bonds is 6. The van der Waals surface area contributed by atoms with E-state index in [1.54, 1.807) is 55.7 Å². The number of carbonyl (C=O) groups excluding carboxylic acids is 4. The number of carbonyl (C=O) groups is 4. The van der Waals surface area contributed by atoms with E-state index >= 15 is 0 Å². The lowest BCUT2D eigenvalue weighted by Gasteiger charge is -2.14. The molecule has 6 nitrogen and oxygen atoms in total. The largest absolute Gasteiger partial charge is 0.269 e. The van der Waals surface area contributed by atoms with Gasteiger partial charge in [-0.25, -0.2) is 9.80 Å². The lowest BCUT2D eigenvalue weighted by Crippen LogP contribution is -2.29. The van der Waals surface area contributed by atoms with Crippen LogP contribution in [0.25, 0.3) is 0 Å². The van der Waals surface area contributed by atoms with Crippen LogP contribution in [-0.4, -0.2) is 23.6 Å². The Morgan fingerprint density at radius 2 is 0.793 bits per heavy atom. The van der Waals surface area contributed by atoms with Gasteiger partial charge in [-0.15, -0.1) is 0 Å². The van der Waals surface area contributed by atoms with Gasteiger partial charge in [-0.2, -0.15) is 0 Å². The monoisotopic (exact) mass is 440 g/mol. The summed E-state index contributed by atoms with van der Waals surface area (Å²) in [6, 6.07) is 14.4. The van der Waals surface area contributed by atoms with Crippen LogP contribution in [-0.2, 0) is 19.2 Å². The van der Waals surface area contributed by atoms with Crippen LogP contribution in [0, 0.1) is 0 Å². The quantitative estimate of drug-likeness (QED) is 0.497. The summed E-state index contributed by atoms with van der Waals surface area (Å²) in [5.41, 5.74) is 1.09. The van der Waals surface area contributed by atoms with Gasteiger partial charge in [-0.3, -0.25) is 19.2 Å². The van der Waals surface area contributed by atoms with Crippen molar-refractivity contribution in [1.82, 2.24) is 0 Å². The topological polar surface area (TPSA) is 74.8 Å². The molecule has 0 N–H and O–H groups in total. The van der Waals surface area contributed by atoms with Crippen LogP contribution in [0.3, 0.4) is 0 Å².